The Labute approximate surface area is 119 Å². The van der Waals surface area contributed by atoms with Gasteiger partial charge in [-0.05, 0) is 44.0 Å². The Hall–Kier alpha value is -0.850. The highest BCUT2D eigenvalue weighted by Crippen LogP contribution is 2.30. The molecule has 1 unspecified atom stereocenters. The van der Waals surface area contributed by atoms with E-state index in [0.29, 0.717) is 4.47 Å². The van der Waals surface area contributed by atoms with Crippen LogP contribution in [0.2, 0.25) is 0 Å². The van der Waals surface area contributed by atoms with Crippen LogP contribution in [0.5, 0.6) is 0 Å². The van der Waals surface area contributed by atoms with Gasteiger partial charge in [0.25, 0.3) is 0 Å². The summed E-state index contributed by atoms with van der Waals surface area (Å²) in [7, 11) is 0. The zero-order valence-corrected chi connectivity index (χ0v) is 12.0. The summed E-state index contributed by atoms with van der Waals surface area (Å²) in [6.07, 6.45) is 0.234. The van der Waals surface area contributed by atoms with Gasteiger partial charge >= 0.3 is 0 Å². The van der Waals surface area contributed by atoms with Crippen LogP contribution in [0.15, 0.2) is 39.4 Å². The summed E-state index contributed by atoms with van der Waals surface area (Å²) in [5.41, 5.74) is 0.246. The minimum atomic E-state index is -1.26. The fourth-order valence-corrected chi connectivity index (χ4v) is 2.70. The molecule has 94 valence electrons. The molecule has 0 aliphatic heterocycles. The number of rotatable bonds is 2. The Morgan fingerprint density at radius 3 is 2.50 bits per heavy atom. The van der Waals surface area contributed by atoms with E-state index in [2.05, 4.69) is 36.8 Å². The molecule has 0 aliphatic carbocycles. The lowest BCUT2D eigenvalue weighted by atomic mass is 10.1. The highest BCUT2D eigenvalue weighted by molar-refractivity contribution is 9.11. The number of aromatic nitrogens is 1. The zero-order chi connectivity index (χ0) is 13.3. The molecule has 2 aromatic rings. The molecule has 0 saturated carbocycles. The Bertz CT molecular complexity index is 541. The van der Waals surface area contributed by atoms with Gasteiger partial charge in [-0.1, -0.05) is 6.07 Å². The predicted molar refractivity (Wildman–Crippen MR) is 70.1 cm³/mol. The van der Waals surface area contributed by atoms with E-state index in [1.807, 2.05) is 0 Å². The molecule has 0 aliphatic rings. The molecule has 1 atom stereocenters. The molecule has 2 nitrogen and oxygen atoms in total. The molecule has 2 rings (SSSR count). The van der Waals surface area contributed by atoms with E-state index in [1.165, 1.54) is 12.3 Å². The van der Waals surface area contributed by atoms with E-state index in [9.17, 15) is 13.9 Å². The second-order valence-corrected chi connectivity index (χ2v) is 5.36. The lowest BCUT2D eigenvalue weighted by molar-refractivity contribution is 0.209. The van der Waals surface area contributed by atoms with E-state index < -0.39 is 17.7 Å². The Kier molecular flexibility index (Phi) is 4.09. The van der Waals surface area contributed by atoms with Crippen molar-refractivity contribution < 1.29 is 13.9 Å². The first-order chi connectivity index (χ1) is 8.49. The molecule has 1 aromatic carbocycles. The summed E-state index contributed by atoms with van der Waals surface area (Å²) in [5.74, 6) is -1.50. The Morgan fingerprint density at radius 1 is 1.17 bits per heavy atom. The molecule has 0 fully saturated rings. The van der Waals surface area contributed by atoms with Gasteiger partial charge in [0, 0.05) is 26.8 Å². The lowest BCUT2D eigenvalue weighted by Crippen LogP contribution is -2.06. The van der Waals surface area contributed by atoms with Crippen molar-refractivity contribution in [2.45, 2.75) is 6.10 Å². The fourth-order valence-electron chi connectivity index (χ4n) is 1.50. The Balaban J connectivity index is 2.44. The number of halogens is 4. The fraction of sp³-hybridized carbons (Fsp3) is 0.0833. The van der Waals surface area contributed by atoms with Crippen molar-refractivity contribution >= 4 is 31.9 Å². The highest BCUT2D eigenvalue weighted by Gasteiger charge is 2.19. The number of pyridine rings is 1. The van der Waals surface area contributed by atoms with Crippen molar-refractivity contribution in [2.75, 3.05) is 0 Å². The molecule has 0 bridgehead atoms. The van der Waals surface area contributed by atoms with Gasteiger partial charge in [0.05, 0.1) is 5.69 Å². The minimum Gasteiger partial charge on any atom is -0.382 e. The van der Waals surface area contributed by atoms with Gasteiger partial charge in [-0.25, -0.2) is 8.78 Å². The van der Waals surface area contributed by atoms with Crippen LogP contribution >= 0.6 is 31.9 Å². The summed E-state index contributed by atoms with van der Waals surface area (Å²) in [5, 5.41) is 10.1. The third-order valence-corrected chi connectivity index (χ3v) is 3.42. The largest absolute Gasteiger partial charge is 0.382 e. The maximum atomic E-state index is 13.5. The van der Waals surface area contributed by atoms with Crippen molar-refractivity contribution in [3.8, 4) is 0 Å². The average molecular weight is 379 g/mol. The Morgan fingerprint density at radius 2 is 1.89 bits per heavy atom. The van der Waals surface area contributed by atoms with Crippen molar-refractivity contribution in [3.05, 3.63) is 62.3 Å². The SMILES string of the molecule is OC(c1ccc(F)cc1F)c1ncc(Br)cc1Br. The maximum Gasteiger partial charge on any atom is 0.132 e. The van der Waals surface area contributed by atoms with E-state index in [4.69, 9.17) is 0 Å². The molecule has 0 spiro atoms. The van der Waals surface area contributed by atoms with Gasteiger partial charge in [-0.2, -0.15) is 0 Å². The summed E-state index contributed by atoms with van der Waals surface area (Å²) < 4.78 is 27.6. The van der Waals surface area contributed by atoms with Crippen molar-refractivity contribution in [1.82, 2.24) is 4.98 Å². The molecule has 1 heterocycles. The second kappa shape index (κ2) is 5.42. The quantitative estimate of drug-likeness (QED) is 0.857. The van der Waals surface area contributed by atoms with Gasteiger partial charge in [-0.15, -0.1) is 0 Å². The number of aliphatic hydroxyl groups excluding tert-OH is 1. The molecule has 6 heteroatoms. The highest BCUT2D eigenvalue weighted by atomic mass is 79.9. The van der Waals surface area contributed by atoms with Crippen LogP contribution in [0, 0.1) is 11.6 Å². The first-order valence-corrected chi connectivity index (χ1v) is 6.51. The van der Waals surface area contributed by atoms with Gasteiger partial charge in [0.1, 0.15) is 17.7 Å². The first-order valence-electron chi connectivity index (χ1n) is 4.93. The van der Waals surface area contributed by atoms with Crippen molar-refractivity contribution in [2.24, 2.45) is 0 Å². The second-order valence-electron chi connectivity index (χ2n) is 3.59. The summed E-state index contributed by atoms with van der Waals surface area (Å²) in [6, 6.07) is 4.71. The molecule has 1 aromatic heterocycles. The monoisotopic (exact) mass is 377 g/mol. The summed E-state index contributed by atoms with van der Waals surface area (Å²) >= 11 is 6.46. The van der Waals surface area contributed by atoms with Crippen LogP contribution in [-0.2, 0) is 0 Å². The standard InChI is InChI=1S/C12H7Br2F2NO/c13-6-3-9(14)11(17-5-6)12(18)8-2-1-7(15)4-10(8)16/h1-5,12,18H. The van der Waals surface area contributed by atoms with Crippen LogP contribution in [0.25, 0.3) is 0 Å². The summed E-state index contributed by atoms with van der Waals surface area (Å²) in [6.45, 7) is 0. The number of nitrogens with zero attached hydrogens (tertiary/aromatic N) is 1. The predicted octanol–water partition coefficient (Wildman–Crippen LogP) is 3.97. The normalized spacial score (nSPS) is 12.5. The van der Waals surface area contributed by atoms with E-state index in [1.54, 1.807) is 6.07 Å². The van der Waals surface area contributed by atoms with Gasteiger partial charge in [0.2, 0.25) is 0 Å². The zero-order valence-electron chi connectivity index (χ0n) is 8.87. The van der Waals surface area contributed by atoms with Crippen LogP contribution in [0.3, 0.4) is 0 Å². The first kappa shape index (κ1) is 13.6. The number of hydrogen-bond acceptors (Lipinski definition) is 2. The molecule has 0 saturated heterocycles. The van der Waals surface area contributed by atoms with Gasteiger partial charge in [0.15, 0.2) is 0 Å². The average Bonchev–Trinajstić information content (AvgIpc) is 2.28. The number of hydrogen-bond donors (Lipinski definition) is 1. The third kappa shape index (κ3) is 2.76. The molecular formula is C12H7Br2F2NO. The molecule has 18 heavy (non-hydrogen) atoms. The van der Waals surface area contributed by atoms with Gasteiger partial charge in [-0.3, -0.25) is 4.98 Å². The molecular weight excluding hydrogens is 372 g/mol. The molecule has 0 amide bonds. The lowest BCUT2D eigenvalue weighted by Gasteiger charge is -2.13. The van der Waals surface area contributed by atoms with E-state index >= 15 is 0 Å². The number of benzene rings is 1. The smallest absolute Gasteiger partial charge is 0.132 e. The van der Waals surface area contributed by atoms with Gasteiger partial charge < -0.3 is 5.11 Å². The number of aliphatic hydroxyl groups is 1. The van der Waals surface area contributed by atoms with E-state index in [0.717, 1.165) is 16.6 Å². The minimum absolute atomic E-state index is 0.0214. The third-order valence-electron chi connectivity index (χ3n) is 2.35. The van der Waals surface area contributed by atoms with Crippen molar-refractivity contribution in [1.29, 1.82) is 0 Å². The van der Waals surface area contributed by atoms with Crippen LogP contribution in [0.4, 0.5) is 8.78 Å². The van der Waals surface area contributed by atoms with Crippen LogP contribution < -0.4 is 0 Å². The molecule has 1 N–H and O–H groups in total. The van der Waals surface area contributed by atoms with Crippen LogP contribution in [-0.4, -0.2) is 10.1 Å². The van der Waals surface area contributed by atoms with E-state index in [-0.39, 0.29) is 11.3 Å². The summed E-state index contributed by atoms with van der Waals surface area (Å²) in [4.78, 5) is 4.01. The molecule has 0 radical (unpaired) electrons. The van der Waals surface area contributed by atoms with Crippen molar-refractivity contribution in [3.63, 3.8) is 0 Å². The van der Waals surface area contributed by atoms with Crippen LogP contribution in [0.1, 0.15) is 17.4 Å². The topological polar surface area (TPSA) is 33.1 Å². The maximum absolute atomic E-state index is 13.5.